The molecular weight excluding hydrogens is 400 g/mol. The summed E-state index contributed by atoms with van der Waals surface area (Å²) in [5, 5.41) is 18.0. The average Bonchev–Trinajstić information content (AvgIpc) is 3.35. The zero-order valence-corrected chi connectivity index (χ0v) is 18.8. The lowest BCUT2D eigenvalue weighted by Crippen LogP contribution is -2.37. The van der Waals surface area contributed by atoms with Crippen molar-refractivity contribution in [3.05, 3.63) is 52.6 Å². The number of guanidine groups is 1. The molecule has 0 bridgehead atoms. The average molecular weight is 429 g/mol. The third kappa shape index (κ3) is 5.69. The molecule has 9 nitrogen and oxygen atoms in total. The summed E-state index contributed by atoms with van der Waals surface area (Å²) in [4.78, 5) is 11.3. The largest absolute Gasteiger partial charge is 0.497 e. The van der Waals surface area contributed by atoms with Crippen molar-refractivity contribution in [2.45, 2.75) is 26.6 Å². The molecule has 1 aromatic carbocycles. The Morgan fingerprint density at radius 1 is 1.17 bits per heavy atom. The highest BCUT2D eigenvalue weighted by Gasteiger charge is 2.08. The molecule has 2 heterocycles. The maximum absolute atomic E-state index is 5.22. The normalized spacial score (nSPS) is 11.4. The second-order valence-electron chi connectivity index (χ2n) is 6.96. The van der Waals surface area contributed by atoms with E-state index in [-0.39, 0.29) is 0 Å². The number of nitrogens with zero attached hydrogens (tertiary/aromatic N) is 6. The summed E-state index contributed by atoms with van der Waals surface area (Å²) in [5.74, 6) is 3.23. The van der Waals surface area contributed by atoms with Crippen molar-refractivity contribution in [3.8, 4) is 5.75 Å². The summed E-state index contributed by atoms with van der Waals surface area (Å²) < 4.78 is 7.17. The lowest BCUT2D eigenvalue weighted by molar-refractivity contribution is 0.414. The van der Waals surface area contributed by atoms with E-state index in [0.29, 0.717) is 25.6 Å². The predicted molar refractivity (Wildman–Crippen MR) is 120 cm³/mol. The lowest BCUT2D eigenvalue weighted by Gasteiger charge is -2.12. The number of anilines is 1. The van der Waals surface area contributed by atoms with Gasteiger partial charge in [-0.05, 0) is 24.6 Å². The van der Waals surface area contributed by atoms with Crippen LogP contribution in [0.3, 0.4) is 0 Å². The van der Waals surface area contributed by atoms with Crippen LogP contribution in [0.4, 0.5) is 5.13 Å². The van der Waals surface area contributed by atoms with Gasteiger partial charge in [-0.25, -0.2) is 9.98 Å². The Morgan fingerprint density at radius 2 is 1.90 bits per heavy atom. The van der Waals surface area contributed by atoms with Crippen molar-refractivity contribution in [3.63, 3.8) is 0 Å². The van der Waals surface area contributed by atoms with E-state index in [9.17, 15) is 0 Å². The van der Waals surface area contributed by atoms with E-state index < -0.39 is 0 Å². The number of thiazole rings is 1. The molecule has 2 N–H and O–H groups in total. The second-order valence-corrected chi connectivity index (χ2v) is 7.79. The standard InChI is InChI=1S/C20H28N8OS/c1-14-25-26-18(28(14)4)12-23-19(21-10-15-6-8-17(29-5)9-7-15)22-11-16-13-30-20(24-16)27(2)3/h6-9,13H,10-12H2,1-5H3,(H2,21,22,23). The van der Waals surface area contributed by atoms with Gasteiger partial charge in [0, 0.05) is 26.5 Å². The Kier molecular flexibility index (Phi) is 7.23. The third-order valence-electron chi connectivity index (χ3n) is 4.53. The maximum Gasteiger partial charge on any atom is 0.192 e. The van der Waals surface area contributed by atoms with Gasteiger partial charge in [-0.1, -0.05) is 12.1 Å². The molecule has 0 saturated heterocycles. The van der Waals surface area contributed by atoms with Crippen molar-refractivity contribution in [2.75, 3.05) is 26.1 Å². The number of aliphatic imine (C=N–C) groups is 1. The molecule has 0 radical (unpaired) electrons. The minimum atomic E-state index is 0.520. The number of rotatable bonds is 8. The number of aryl methyl sites for hydroxylation is 1. The van der Waals surface area contributed by atoms with Crippen LogP contribution in [0.2, 0.25) is 0 Å². The highest BCUT2D eigenvalue weighted by atomic mass is 32.1. The first-order valence-corrected chi connectivity index (χ1v) is 10.5. The second kappa shape index (κ2) is 10.1. The maximum atomic E-state index is 5.22. The molecule has 0 amide bonds. The number of ether oxygens (including phenoxy) is 1. The van der Waals surface area contributed by atoms with Crippen molar-refractivity contribution in [2.24, 2.45) is 12.0 Å². The molecule has 0 fully saturated rings. The van der Waals surface area contributed by atoms with Gasteiger partial charge in [-0.15, -0.1) is 21.5 Å². The molecule has 160 valence electrons. The SMILES string of the molecule is COc1ccc(CN=C(NCc2csc(N(C)C)n2)NCc2nnc(C)n2C)cc1. The van der Waals surface area contributed by atoms with Gasteiger partial charge in [0.05, 0.1) is 32.4 Å². The van der Waals surface area contributed by atoms with Crippen LogP contribution in [-0.4, -0.2) is 46.9 Å². The number of aromatic nitrogens is 4. The minimum absolute atomic E-state index is 0.520. The highest BCUT2D eigenvalue weighted by Crippen LogP contribution is 2.17. The van der Waals surface area contributed by atoms with Gasteiger partial charge >= 0.3 is 0 Å². The molecular formula is C20H28N8OS. The van der Waals surface area contributed by atoms with Gasteiger partial charge in [0.15, 0.2) is 16.9 Å². The van der Waals surface area contributed by atoms with E-state index in [0.717, 1.165) is 33.8 Å². The molecule has 0 aliphatic carbocycles. The summed E-state index contributed by atoms with van der Waals surface area (Å²) in [7, 11) is 7.59. The molecule has 10 heteroatoms. The first-order valence-electron chi connectivity index (χ1n) is 9.58. The van der Waals surface area contributed by atoms with Crippen molar-refractivity contribution in [1.82, 2.24) is 30.4 Å². The van der Waals surface area contributed by atoms with Crippen LogP contribution < -0.4 is 20.3 Å². The van der Waals surface area contributed by atoms with Crippen LogP contribution in [0.5, 0.6) is 5.75 Å². The quantitative estimate of drug-likeness (QED) is 0.419. The molecule has 2 aromatic heterocycles. The van der Waals surface area contributed by atoms with Gasteiger partial charge < -0.3 is 24.8 Å². The monoisotopic (exact) mass is 428 g/mol. The zero-order valence-electron chi connectivity index (χ0n) is 18.0. The van der Waals surface area contributed by atoms with Crippen molar-refractivity contribution < 1.29 is 4.74 Å². The smallest absolute Gasteiger partial charge is 0.192 e. The molecule has 0 aliphatic rings. The Bertz CT molecular complexity index is 977. The molecule has 3 rings (SSSR count). The van der Waals surface area contributed by atoms with Crippen LogP contribution in [0, 0.1) is 6.92 Å². The first-order chi connectivity index (χ1) is 14.5. The number of methoxy groups -OCH3 is 1. The van der Waals surface area contributed by atoms with Gasteiger partial charge in [-0.2, -0.15) is 0 Å². The fourth-order valence-electron chi connectivity index (χ4n) is 2.60. The first kappa shape index (κ1) is 21.6. The van der Waals surface area contributed by atoms with Crippen molar-refractivity contribution >= 4 is 22.4 Å². The topological polar surface area (TPSA) is 92.5 Å². The Morgan fingerprint density at radius 3 is 2.50 bits per heavy atom. The number of nitrogens with one attached hydrogen (secondary N) is 2. The van der Waals surface area contributed by atoms with E-state index in [2.05, 4.69) is 31.2 Å². The van der Waals surface area contributed by atoms with Gasteiger partial charge in [0.1, 0.15) is 11.6 Å². The number of benzene rings is 1. The molecule has 0 saturated carbocycles. The van der Waals surface area contributed by atoms with E-state index in [1.54, 1.807) is 18.4 Å². The van der Waals surface area contributed by atoms with E-state index in [1.807, 2.05) is 61.8 Å². The van der Waals surface area contributed by atoms with Crippen LogP contribution in [0.25, 0.3) is 0 Å². The van der Waals surface area contributed by atoms with Crippen LogP contribution in [-0.2, 0) is 26.7 Å². The van der Waals surface area contributed by atoms with Gasteiger partial charge in [0.25, 0.3) is 0 Å². The minimum Gasteiger partial charge on any atom is -0.497 e. The van der Waals surface area contributed by atoms with E-state index in [1.165, 1.54) is 0 Å². The van der Waals surface area contributed by atoms with Crippen LogP contribution >= 0.6 is 11.3 Å². The summed E-state index contributed by atoms with van der Waals surface area (Å²) >= 11 is 1.62. The molecule has 0 unspecified atom stereocenters. The molecule has 30 heavy (non-hydrogen) atoms. The molecule has 0 spiro atoms. The summed E-state index contributed by atoms with van der Waals surface area (Å²) in [6.45, 7) is 3.57. The summed E-state index contributed by atoms with van der Waals surface area (Å²) in [5.41, 5.74) is 2.06. The van der Waals surface area contributed by atoms with E-state index >= 15 is 0 Å². The molecule has 0 aliphatic heterocycles. The highest BCUT2D eigenvalue weighted by molar-refractivity contribution is 7.13. The van der Waals surface area contributed by atoms with Gasteiger partial charge in [-0.3, -0.25) is 0 Å². The lowest BCUT2D eigenvalue weighted by atomic mass is 10.2. The molecule has 3 aromatic rings. The van der Waals surface area contributed by atoms with Crippen LogP contribution in [0.15, 0.2) is 34.6 Å². The fourth-order valence-corrected chi connectivity index (χ4v) is 3.36. The molecule has 0 atom stereocenters. The van der Waals surface area contributed by atoms with Crippen molar-refractivity contribution in [1.29, 1.82) is 0 Å². The Labute approximate surface area is 180 Å². The summed E-state index contributed by atoms with van der Waals surface area (Å²) in [6.07, 6.45) is 0. The Hall–Kier alpha value is -3.14. The summed E-state index contributed by atoms with van der Waals surface area (Å²) in [6, 6.07) is 7.89. The van der Waals surface area contributed by atoms with Crippen LogP contribution in [0.1, 0.15) is 22.9 Å². The third-order valence-corrected chi connectivity index (χ3v) is 5.59. The zero-order chi connectivity index (χ0) is 21.5. The van der Waals surface area contributed by atoms with E-state index in [4.69, 9.17) is 9.73 Å². The fraction of sp³-hybridized carbons (Fsp3) is 0.400. The number of hydrogen-bond donors (Lipinski definition) is 2. The Balaban J connectivity index is 1.68. The van der Waals surface area contributed by atoms with Gasteiger partial charge in [0.2, 0.25) is 0 Å². The number of hydrogen-bond acceptors (Lipinski definition) is 7. The predicted octanol–water partition coefficient (Wildman–Crippen LogP) is 2.09.